The van der Waals surface area contributed by atoms with Crippen LogP contribution in [-0.4, -0.2) is 60.2 Å². The monoisotopic (exact) mass is 480 g/mol. The molecule has 0 atom stereocenters. The van der Waals surface area contributed by atoms with Gasteiger partial charge < -0.3 is 19.7 Å². The number of aromatic nitrogens is 1. The number of hydrogen-bond donors (Lipinski definition) is 1. The first-order chi connectivity index (χ1) is 16.5. The lowest BCUT2D eigenvalue weighted by Crippen LogP contribution is -2.44. The van der Waals surface area contributed by atoms with Crippen LogP contribution in [0.15, 0.2) is 53.9 Å². The molecule has 1 N–H and O–H groups in total. The number of amides is 2. The quantitative estimate of drug-likeness (QED) is 0.481. The Balaban J connectivity index is 1.38. The lowest BCUT2D eigenvalue weighted by molar-refractivity contribution is 0.0349. The van der Waals surface area contributed by atoms with Crippen LogP contribution in [0.1, 0.15) is 21.8 Å². The Morgan fingerprint density at radius 1 is 1.15 bits per heavy atom. The van der Waals surface area contributed by atoms with Crippen LogP contribution in [0.25, 0.3) is 0 Å². The summed E-state index contributed by atoms with van der Waals surface area (Å²) in [6, 6.07) is 15.7. The molecule has 1 aliphatic heterocycles. The van der Waals surface area contributed by atoms with E-state index in [0.717, 1.165) is 66.1 Å². The van der Waals surface area contributed by atoms with Crippen molar-refractivity contribution in [2.45, 2.75) is 27.0 Å². The molecule has 1 aliphatic rings. The van der Waals surface area contributed by atoms with Gasteiger partial charge in [-0.15, -0.1) is 11.3 Å². The van der Waals surface area contributed by atoms with Gasteiger partial charge in [0.2, 0.25) is 0 Å². The van der Waals surface area contributed by atoms with Gasteiger partial charge >= 0.3 is 6.03 Å². The summed E-state index contributed by atoms with van der Waals surface area (Å²) in [5, 5.41) is 5.93. The number of carbonyl (C=O) groups is 1. The fourth-order valence-electron chi connectivity index (χ4n) is 3.71. The second-order valence-electron chi connectivity index (χ2n) is 8.51. The number of rotatable bonds is 9. The van der Waals surface area contributed by atoms with Gasteiger partial charge in [-0.25, -0.2) is 9.78 Å². The minimum atomic E-state index is -0.123. The topological polar surface area (TPSA) is 66.9 Å². The first kappa shape index (κ1) is 24.2. The van der Waals surface area contributed by atoms with Gasteiger partial charge in [-0.3, -0.25) is 4.90 Å². The van der Waals surface area contributed by atoms with Gasteiger partial charge in [-0.1, -0.05) is 29.8 Å². The number of anilines is 1. The van der Waals surface area contributed by atoms with Gasteiger partial charge in [-0.05, 0) is 43.7 Å². The molecule has 2 amide bonds. The number of benzene rings is 2. The molecule has 0 radical (unpaired) electrons. The van der Waals surface area contributed by atoms with Gasteiger partial charge in [0.1, 0.15) is 17.4 Å². The molecule has 7 nitrogen and oxygen atoms in total. The zero-order valence-corrected chi connectivity index (χ0v) is 20.6. The van der Waals surface area contributed by atoms with Crippen LogP contribution in [0.2, 0.25) is 0 Å². The Hall–Kier alpha value is -2.94. The SMILES string of the molecule is Cc1ccc(NC(=O)N(CCN2CCOCC2)Cc2csc(COc3cccc(C)c3)n2)cc1. The predicted octanol–water partition coefficient (Wildman–Crippen LogP) is 4.71. The lowest BCUT2D eigenvalue weighted by Gasteiger charge is -2.30. The molecule has 34 heavy (non-hydrogen) atoms. The summed E-state index contributed by atoms with van der Waals surface area (Å²) < 4.78 is 11.3. The van der Waals surface area contributed by atoms with Gasteiger partial charge in [0.25, 0.3) is 0 Å². The van der Waals surface area contributed by atoms with E-state index in [9.17, 15) is 4.79 Å². The molecule has 3 aromatic rings. The molecule has 1 saturated heterocycles. The highest BCUT2D eigenvalue weighted by atomic mass is 32.1. The maximum absolute atomic E-state index is 13.1. The Morgan fingerprint density at radius 3 is 2.71 bits per heavy atom. The summed E-state index contributed by atoms with van der Waals surface area (Å²) in [5.41, 5.74) is 3.98. The van der Waals surface area contributed by atoms with Crippen molar-refractivity contribution in [1.29, 1.82) is 0 Å². The Labute approximate surface area is 205 Å². The van der Waals surface area contributed by atoms with Crippen LogP contribution >= 0.6 is 11.3 Å². The minimum Gasteiger partial charge on any atom is -0.486 e. The molecule has 2 aromatic carbocycles. The van der Waals surface area contributed by atoms with Gasteiger partial charge in [0, 0.05) is 37.2 Å². The summed E-state index contributed by atoms with van der Waals surface area (Å²) in [7, 11) is 0. The summed E-state index contributed by atoms with van der Waals surface area (Å²) in [5.74, 6) is 0.835. The molecule has 1 aromatic heterocycles. The van der Waals surface area contributed by atoms with Crippen molar-refractivity contribution in [3.63, 3.8) is 0 Å². The Bertz CT molecular complexity index is 1060. The molecule has 0 spiro atoms. The van der Waals surface area contributed by atoms with E-state index in [2.05, 4.69) is 10.2 Å². The van der Waals surface area contributed by atoms with Crippen LogP contribution in [0.4, 0.5) is 10.5 Å². The molecule has 0 bridgehead atoms. The van der Waals surface area contributed by atoms with E-state index in [4.69, 9.17) is 14.5 Å². The highest BCUT2D eigenvalue weighted by molar-refractivity contribution is 7.09. The average molecular weight is 481 g/mol. The minimum absolute atomic E-state index is 0.123. The summed E-state index contributed by atoms with van der Waals surface area (Å²) in [6.45, 7) is 9.63. The average Bonchev–Trinajstić information content (AvgIpc) is 3.30. The van der Waals surface area contributed by atoms with E-state index in [1.54, 1.807) is 11.3 Å². The highest BCUT2D eigenvalue weighted by Gasteiger charge is 2.19. The van der Waals surface area contributed by atoms with Gasteiger partial charge in [-0.2, -0.15) is 0 Å². The maximum atomic E-state index is 13.1. The van der Waals surface area contributed by atoms with E-state index < -0.39 is 0 Å². The zero-order chi connectivity index (χ0) is 23.8. The lowest BCUT2D eigenvalue weighted by atomic mass is 10.2. The molecular weight excluding hydrogens is 448 g/mol. The summed E-state index contributed by atoms with van der Waals surface area (Å²) >= 11 is 1.56. The zero-order valence-electron chi connectivity index (χ0n) is 19.8. The van der Waals surface area contributed by atoms with Crippen molar-refractivity contribution in [1.82, 2.24) is 14.8 Å². The van der Waals surface area contributed by atoms with Crippen LogP contribution in [-0.2, 0) is 17.9 Å². The molecule has 4 rings (SSSR count). The molecule has 1 fully saturated rings. The number of hydrogen-bond acceptors (Lipinski definition) is 6. The van der Waals surface area contributed by atoms with Crippen molar-refractivity contribution in [2.24, 2.45) is 0 Å². The molecule has 0 saturated carbocycles. The molecule has 8 heteroatoms. The van der Waals surface area contributed by atoms with E-state index >= 15 is 0 Å². The third-order valence-corrected chi connectivity index (χ3v) is 6.56. The van der Waals surface area contributed by atoms with E-state index in [1.807, 2.05) is 72.7 Å². The number of carbonyl (C=O) groups excluding carboxylic acids is 1. The van der Waals surface area contributed by atoms with E-state index in [0.29, 0.717) is 19.7 Å². The summed E-state index contributed by atoms with van der Waals surface area (Å²) in [6.07, 6.45) is 0. The Kier molecular flexibility index (Phi) is 8.51. The second-order valence-corrected chi connectivity index (χ2v) is 9.45. The molecule has 180 valence electrons. The number of nitrogens with zero attached hydrogens (tertiary/aromatic N) is 3. The number of morpholine rings is 1. The smallest absolute Gasteiger partial charge is 0.322 e. The standard InChI is InChI=1S/C26H32N4O3S/c1-20-6-8-22(9-7-20)28-26(31)30(11-10-29-12-14-32-15-13-29)17-23-19-34-25(27-23)18-33-24-5-3-4-21(2)16-24/h3-9,16,19H,10-15,17-18H2,1-2H3,(H,28,31). The fourth-order valence-corrected chi connectivity index (χ4v) is 4.41. The second kappa shape index (κ2) is 12.0. The summed E-state index contributed by atoms with van der Waals surface area (Å²) in [4.78, 5) is 22.0. The van der Waals surface area contributed by atoms with Crippen LogP contribution < -0.4 is 10.1 Å². The van der Waals surface area contributed by atoms with Crippen molar-refractivity contribution >= 4 is 23.1 Å². The number of ether oxygens (including phenoxy) is 2. The third-order valence-electron chi connectivity index (χ3n) is 5.68. The van der Waals surface area contributed by atoms with Crippen LogP contribution in [0, 0.1) is 13.8 Å². The number of urea groups is 1. The van der Waals surface area contributed by atoms with Crippen LogP contribution in [0.5, 0.6) is 5.75 Å². The molecular formula is C26H32N4O3S. The molecule has 2 heterocycles. The van der Waals surface area contributed by atoms with Crippen molar-refractivity contribution in [2.75, 3.05) is 44.7 Å². The largest absolute Gasteiger partial charge is 0.486 e. The van der Waals surface area contributed by atoms with E-state index in [1.165, 1.54) is 0 Å². The van der Waals surface area contributed by atoms with Gasteiger partial charge in [0.15, 0.2) is 0 Å². The van der Waals surface area contributed by atoms with Crippen molar-refractivity contribution in [3.8, 4) is 5.75 Å². The van der Waals surface area contributed by atoms with Gasteiger partial charge in [0.05, 0.1) is 25.5 Å². The third kappa shape index (κ3) is 7.28. The predicted molar refractivity (Wildman–Crippen MR) is 135 cm³/mol. The Morgan fingerprint density at radius 2 is 1.94 bits per heavy atom. The first-order valence-corrected chi connectivity index (χ1v) is 12.5. The normalized spacial score (nSPS) is 14.1. The van der Waals surface area contributed by atoms with E-state index in [-0.39, 0.29) is 6.03 Å². The van der Waals surface area contributed by atoms with Crippen molar-refractivity contribution < 1.29 is 14.3 Å². The van der Waals surface area contributed by atoms with Crippen LogP contribution in [0.3, 0.4) is 0 Å². The fraction of sp³-hybridized carbons (Fsp3) is 0.385. The number of nitrogens with one attached hydrogen (secondary N) is 1. The maximum Gasteiger partial charge on any atom is 0.322 e. The number of aryl methyl sites for hydroxylation is 2. The first-order valence-electron chi connectivity index (χ1n) is 11.6. The van der Waals surface area contributed by atoms with Crippen molar-refractivity contribution in [3.05, 3.63) is 75.7 Å². The highest BCUT2D eigenvalue weighted by Crippen LogP contribution is 2.18. The number of thiazole rings is 1. The molecule has 0 unspecified atom stereocenters. The molecule has 0 aliphatic carbocycles.